The lowest BCUT2D eigenvalue weighted by molar-refractivity contribution is 1.26. The number of hydrogen-bond acceptors (Lipinski definition) is 4. The molecule has 0 bridgehead atoms. The number of benzene rings is 3. The fraction of sp³-hybridized carbons (Fsp3) is 0. The minimum atomic E-state index is 0.910. The van der Waals surface area contributed by atoms with E-state index in [2.05, 4.69) is 69.0 Å². The molecular formula is C26H13N3S2. The number of nitrogens with zero attached hydrogens (tertiary/aromatic N) is 3. The Kier molecular flexibility index (Phi) is 2.91. The molecule has 0 spiro atoms. The molecule has 0 amide bonds. The predicted molar refractivity (Wildman–Crippen MR) is 134 cm³/mol. The third-order valence-corrected chi connectivity index (χ3v) is 8.56. The molecular weight excluding hydrogens is 418 g/mol. The van der Waals surface area contributed by atoms with E-state index < -0.39 is 0 Å². The second-order valence-electron chi connectivity index (χ2n) is 7.90. The molecule has 0 radical (unpaired) electrons. The van der Waals surface area contributed by atoms with E-state index in [0.717, 1.165) is 16.6 Å². The van der Waals surface area contributed by atoms with Crippen LogP contribution in [0.1, 0.15) is 0 Å². The molecule has 0 aliphatic carbocycles. The van der Waals surface area contributed by atoms with Gasteiger partial charge in [-0.3, -0.25) is 9.38 Å². The molecule has 8 aromatic rings. The summed E-state index contributed by atoms with van der Waals surface area (Å²) in [5.41, 5.74) is 3.04. The number of imidazole rings is 1. The minimum absolute atomic E-state index is 0.910. The first-order chi connectivity index (χ1) is 15.4. The van der Waals surface area contributed by atoms with Crippen LogP contribution in [0.3, 0.4) is 0 Å². The van der Waals surface area contributed by atoms with Crippen molar-refractivity contribution in [3.8, 4) is 0 Å². The molecule has 0 fully saturated rings. The molecule has 0 atom stereocenters. The number of aromatic nitrogens is 3. The molecule has 0 aliphatic rings. The van der Waals surface area contributed by atoms with Gasteiger partial charge >= 0.3 is 0 Å². The van der Waals surface area contributed by atoms with Crippen molar-refractivity contribution < 1.29 is 0 Å². The van der Waals surface area contributed by atoms with Crippen molar-refractivity contribution in [3.63, 3.8) is 0 Å². The molecule has 3 nitrogen and oxygen atoms in total. The van der Waals surface area contributed by atoms with Crippen LogP contribution >= 0.6 is 22.7 Å². The summed E-state index contributed by atoms with van der Waals surface area (Å²) in [6, 6.07) is 22.2. The molecule has 31 heavy (non-hydrogen) atoms. The summed E-state index contributed by atoms with van der Waals surface area (Å²) in [7, 11) is 0. The van der Waals surface area contributed by atoms with Crippen molar-refractivity contribution in [3.05, 3.63) is 79.3 Å². The van der Waals surface area contributed by atoms with Crippen LogP contribution in [-0.4, -0.2) is 14.4 Å². The molecule has 0 saturated heterocycles. The van der Waals surface area contributed by atoms with Crippen LogP contribution in [0.2, 0.25) is 0 Å². The Morgan fingerprint density at radius 3 is 2.35 bits per heavy atom. The van der Waals surface area contributed by atoms with Gasteiger partial charge < -0.3 is 0 Å². The van der Waals surface area contributed by atoms with Gasteiger partial charge in [0.05, 0.1) is 5.52 Å². The fourth-order valence-electron chi connectivity index (χ4n) is 5.01. The van der Waals surface area contributed by atoms with Gasteiger partial charge in [-0.05, 0) is 36.4 Å². The van der Waals surface area contributed by atoms with Gasteiger partial charge in [0.15, 0.2) is 5.65 Å². The SMILES string of the molecule is c1ccc2c(c1)sc1ccc3sc4cc5c6cccnc6c6nccn6c5cc4c3c12. The largest absolute Gasteiger partial charge is 0.298 e. The van der Waals surface area contributed by atoms with Gasteiger partial charge in [0, 0.05) is 69.7 Å². The smallest absolute Gasteiger partial charge is 0.163 e. The molecule has 0 aliphatic heterocycles. The van der Waals surface area contributed by atoms with Crippen LogP contribution in [0.5, 0.6) is 0 Å². The van der Waals surface area contributed by atoms with Crippen LogP contribution in [0.4, 0.5) is 0 Å². The van der Waals surface area contributed by atoms with Crippen LogP contribution in [-0.2, 0) is 0 Å². The summed E-state index contributed by atoms with van der Waals surface area (Å²) >= 11 is 3.76. The van der Waals surface area contributed by atoms with Crippen molar-refractivity contribution in [1.82, 2.24) is 14.4 Å². The Balaban J connectivity index is 1.67. The van der Waals surface area contributed by atoms with Crippen molar-refractivity contribution in [2.24, 2.45) is 0 Å². The molecule has 5 aromatic heterocycles. The summed E-state index contributed by atoms with van der Waals surface area (Å²) in [6.45, 7) is 0. The Morgan fingerprint density at radius 1 is 0.613 bits per heavy atom. The third-order valence-electron chi connectivity index (χ3n) is 6.30. The molecule has 144 valence electrons. The number of hydrogen-bond donors (Lipinski definition) is 0. The first-order valence-electron chi connectivity index (χ1n) is 10.2. The van der Waals surface area contributed by atoms with E-state index in [1.165, 1.54) is 51.2 Å². The lowest BCUT2D eigenvalue weighted by Crippen LogP contribution is -1.92. The summed E-state index contributed by atoms with van der Waals surface area (Å²) in [5, 5.41) is 7.80. The molecule has 0 unspecified atom stereocenters. The predicted octanol–water partition coefficient (Wildman–Crippen LogP) is 7.77. The average molecular weight is 432 g/mol. The summed E-state index contributed by atoms with van der Waals surface area (Å²) in [5.74, 6) is 0. The molecule has 0 saturated carbocycles. The minimum Gasteiger partial charge on any atom is -0.298 e. The molecule has 0 N–H and O–H groups in total. The van der Waals surface area contributed by atoms with Gasteiger partial charge in [0.2, 0.25) is 0 Å². The highest BCUT2D eigenvalue weighted by atomic mass is 32.1. The quantitative estimate of drug-likeness (QED) is 0.230. The lowest BCUT2D eigenvalue weighted by atomic mass is 10.0. The monoisotopic (exact) mass is 431 g/mol. The first kappa shape index (κ1) is 16.2. The van der Waals surface area contributed by atoms with Crippen LogP contribution in [0.15, 0.2) is 79.3 Å². The zero-order valence-electron chi connectivity index (χ0n) is 16.2. The highest BCUT2D eigenvalue weighted by molar-refractivity contribution is 7.28. The Labute approximate surface area is 183 Å². The van der Waals surface area contributed by atoms with E-state index in [4.69, 9.17) is 0 Å². The van der Waals surface area contributed by atoms with E-state index in [0.29, 0.717) is 0 Å². The van der Waals surface area contributed by atoms with Crippen molar-refractivity contribution in [2.75, 3.05) is 0 Å². The van der Waals surface area contributed by atoms with Crippen molar-refractivity contribution in [1.29, 1.82) is 0 Å². The maximum atomic E-state index is 4.64. The van der Waals surface area contributed by atoms with Gasteiger partial charge in [0.25, 0.3) is 0 Å². The van der Waals surface area contributed by atoms with Gasteiger partial charge in [-0.2, -0.15) is 0 Å². The first-order valence-corrected chi connectivity index (χ1v) is 11.8. The highest BCUT2D eigenvalue weighted by Gasteiger charge is 2.16. The number of thiophene rings is 2. The lowest BCUT2D eigenvalue weighted by Gasteiger charge is -2.08. The number of fused-ring (bicyclic) bond motifs is 13. The van der Waals surface area contributed by atoms with E-state index in [1.807, 2.05) is 47.3 Å². The Hall–Kier alpha value is -3.54. The second-order valence-corrected chi connectivity index (χ2v) is 10.1. The summed E-state index contributed by atoms with van der Waals surface area (Å²) in [6.07, 6.45) is 5.75. The van der Waals surface area contributed by atoms with Gasteiger partial charge in [-0.1, -0.05) is 24.3 Å². The molecule has 5 heterocycles. The Morgan fingerprint density at radius 2 is 1.42 bits per heavy atom. The van der Waals surface area contributed by atoms with E-state index in [9.17, 15) is 0 Å². The third kappa shape index (κ3) is 1.98. The number of pyridine rings is 2. The average Bonchev–Trinajstić information content (AvgIpc) is 3.52. The van der Waals surface area contributed by atoms with Gasteiger partial charge in [-0.25, -0.2) is 4.98 Å². The fourth-order valence-corrected chi connectivity index (χ4v) is 7.25. The van der Waals surface area contributed by atoms with Gasteiger partial charge in [-0.15, -0.1) is 22.7 Å². The highest BCUT2D eigenvalue weighted by Crippen LogP contribution is 2.45. The topological polar surface area (TPSA) is 30.2 Å². The zero-order chi connectivity index (χ0) is 20.1. The maximum Gasteiger partial charge on any atom is 0.163 e. The maximum absolute atomic E-state index is 4.64. The number of rotatable bonds is 0. The van der Waals surface area contributed by atoms with E-state index in [1.54, 1.807) is 0 Å². The second kappa shape index (κ2) is 5.58. The standard InChI is InChI=1S/C26H13N3S2/c1-2-6-19-15(4-1)23-20(30-19)7-8-21-24(23)17-12-18-16(13-22(17)31-21)14-5-3-9-27-25(14)26-28-10-11-29(18)26/h1-13H. The molecule has 3 aromatic carbocycles. The summed E-state index contributed by atoms with van der Waals surface area (Å²) < 4.78 is 7.53. The summed E-state index contributed by atoms with van der Waals surface area (Å²) in [4.78, 5) is 9.26. The van der Waals surface area contributed by atoms with Crippen molar-refractivity contribution in [2.45, 2.75) is 0 Å². The van der Waals surface area contributed by atoms with E-state index in [-0.39, 0.29) is 0 Å². The zero-order valence-corrected chi connectivity index (χ0v) is 17.8. The van der Waals surface area contributed by atoms with Crippen molar-refractivity contribution >= 4 is 90.5 Å². The van der Waals surface area contributed by atoms with Crippen LogP contribution in [0.25, 0.3) is 67.8 Å². The Bertz CT molecular complexity index is 2010. The van der Waals surface area contributed by atoms with Gasteiger partial charge in [0.1, 0.15) is 5.52 Å². The van der Waals surface area contributed by atoms with Crippen LogP contribution in [0, 0.1) is 0 Å². The molecule has 5 heteroatoms. The van der Waals surface area contributed by atoms with E-state index >= 15 is 0 Å². The van der Waals surface area contributed by atoms with Crippen LogP contribution < -0.4 is 0 Å². The molecule has 8 rings (SSSR count). The normalized spacial score (nSPS) is 12.5.